The van der Waals surface area contributed by atoms with Gasteiger partial charge in [0.2, 0.25) is 5.91 Å². The maximum Gasteiger partial charge on any atom is 0.229 e. The fraction of sp³-hybridized carbons (Fsp3) is 0.500. The van der Waals surface area contributed by atoms with Crippen molar-refractivity contribution in [1.82, 2.24) is 0 Å². The molecule has 0 heterocycles. The third-order valence-electron chi connectivity index (χ3n) is 4.54. The van der Waals surface area contributed by atoms with Crippen LogP contribution in [-0.2, 0) is 4.79 Å². The molecular weight excluding hydrogens is 452 g/mol. The highest BCUT2D eigenvalue weighted by Gasteiger charge is 2.49. The zero-order valence-corrected chi connectivity index (χ0v) is 15.5. The Morgan fingerprint density at radius 1 is 1.15 bits per heavy atom. The molecule has 4 atom stereocenters. The Hall–Kier alpha value is 0.0900. The number of fused-ring (bicyclic) bond motifs is 2. The zero-order valence-electron chi connectivity index (χ0n) is 10.7. The molecule has 1 aromatic rings. The first-order chi connectivity index (χ1) is 9.47. The molecule has 20 heavy (non-hydrogen) atoms. The van der Waals surface area contributed by atoms with E-state index in [4.69, 9.17) is 5.73 Å². The molecule has 2 aliphatic carbocycles. The number of nitrogens with two attached hydrogens (primary N) is 1. The number of carbonyl (C=O) groups is 1. The topological polar surface area (TPSA) is 55.1 Å². The molecule has 2 saturated carbocycles. The van der Waals surface area contributed by atoms with Crippen LogP contribution in [0, 0.1) is 17.8 Å². The molecule has 1 aromatic carbocycles. The Labute approximate surface area is 143 Å². The van der Waals surface area contributed by atoms with Crippen molar-refractivity contribution in [3.05, 3.63) is 25.6 Å². The number of amides is 1. The lowest BCUT2D eigenvalue weighted by molar-refractivity contribution is -0.121. The molecule has 0 aliphatic heterocycles. The summed E-state index contributed by atoms with van der Waals surface area (Å²) < 4.78 is 2.65. The molecule has 2 bridgehead atoms. The molecule has 0 aromatic heterocycles. The summed E-state index contributed by atoms with van der Waals surface area (Å²) in [6, 6.07) is 3.85. The van der Waals surface area contributed by atoms with Crippen molar-refractivity contribution in [3.63, 3.8) is 0 Å². The van der Waals surface area contributed by atoms with Crippen molar-refractivity contribution in [3.8, 4) is 0 Å². The lowest BCUT2D eigenvalue weighted by atomic mass is 9.84. The van der Waals surface area contributed by atoms with Gasteiger partial charge in [0.05, 0.1) is 11.6 Å². The van der Waals surface area contributed by atoms with Crippen molar-refractivity contribution < 1.29 is 4.79 Å². The van der Waals surface area contributed by atoms with E-state index in [0.29, 0.717) is 11.8 Å². The standard InChI is InChI=1S/C14H15Br3N2O/c15-8-4-9(16)13(10(17)5-8)19-14(20)11-6-1-2-7(3-6)12(11)18/h4-7,11-12H,1-3,18H2,(H,19,20). The van der Waals surface area contributed by atoms with Crippen LogP contribution < -0.4 is 11.1 Å². The highest BCUT2D eigenvalue weighted by molar-refractivity contribution is 9.11. The minimum Gasteiger partial charge on any atom is -0.327 e. The predicted octanol–water partition coefficient (Wildman–Crippen LogP) is 4.29. The van der Waals surface area contributed by atoms with Gasteiger partial charge in [-0.2, -0.15) is 0 Å². The first-order valence-electron chi connectivity index (χ1n) is 6.68. The summed E-state index contributed by atoms with van der Waals surface area (Å²) in [5, 5.41) is 3.03. The number of carbonyl (C=O) groups excluding carboxylic acids is 1. The van der Waals surface area contributed by atoms with Gasteiger partial charge in [0, 0.05) is 19.5 Å². The number of rotatable bonds is 2. The van der Waals surface area contributed by atoms with Crippen molar-refractivity contribution >= 4 is 59.4 Å². The second-order valence-electron chi connectivity index (χ2n) is 5.67. The van der Waals surface area contributed by atoms with Crippen LogP contribution in [-0.4, -0.2) is 11.9 Å². The summed E-state index contributed by atoms with van der Waals surface area (Å²) in [7, 11) is 0. The second-order valence-corrected chi connectivity index (χ2v) is 8.29. The largest absolute Gasteiger partial charge is 0.327 e. The Kier molecular flexibility index (Phi) is 4.28. The van der Waals surface area contributed by atoms with E-state index in [9.17, 15) is 4.79 Å². The van der Waals surface area contributed by atoms with Gasteiger partial charge >= 0.3 is 0 Å². The van der Waals surface area contributed by atoms with Gasteiger partial charge in [-0.1, -0.05) is 15.9 Å². The van der Waals surface area contributed by atoms with Gasteiger partial charge in [0.1, 0.15) is 0 Å². The van der Waals surface area contributed by atoms with Gasteiger partial charge in [-0.05, 0) is 75.1 Å². The third kappa shape index (κ3) is 2.60. The van der Waals surface area contributed by atoms with Crippen molar-refractivity contribution in [2.75, 3.05) is 5.32 Å². The quantitative estimate of drug-likeness (QED) is 0.683. The molecule has 3 rings (SSSR count). The van der Waals surface area contributed by atoms with E-state index < -0.39 is 0 Å². The van der Waals surface area contributed by atoms with Gasteiger partial charge in [-0.15, -0.1) is 0 Å². The molecule has 0 radical (unpaired) electrons. The number of halogens is 3. The number of benzene rings is 1. The lowest BCUT2D eigenvalue weighted by Gasteiger charge is -2.27. The predicted molar refractivity (Wildman–Crippen MR) is 90.5 cm³/mol. The third-order valence-corrected chi connectivity index (χ3v) is 6.25. The van der Waals surface area contributed by atoms with Gasteiger partial charge in [-0.3, -0.25) is 4.79 Å². The van der Waals surface area contributed by atoms with Crippen LogP contribution in [0.15, 0.2) is 25.6 Å². The van der Waals surface area contributed by atoms with E-state index in [2.05, 4.69) is 53.1 Å². The number of hydrogen-bond acceptors (Lipinski definition) is 2. The Morgan fingerprint density at radius 3 is 2.30 bits per heavy atom. The molecule has 2 fully saturated rings. The molecule has 108 valence electrons. The van der Waals surface area contributed by atoms with E-state index in [0.717, 1.165) is 31.9 Å². The monoisotopic (exact) mass is 464 g/mol. The Bertz CT molecular complexity index is 538. The van der Waals surface area contributed by atoms with Crippen LogP contribution in [0.5, 0.6) is 0 Å². The minimum atomic E-state index is -0.0452. The maximum absolute atomic E-state index is 12.6. The summed E-state index contributed by atoms with van der Waals surface area (Å²) >= 11 is 10.4. The van der Waals surface area contributed by atoms with E-state index >= 15 is 0 Å². The van der Waals surface area contributed by atoms with Gasteiger partial charge in [0.15, 0.2) is 0 Å². The highest BCUT2D eigenvalue weighted by atomic mass is 79.9. The van der Waals surface area contributed by atoms with Crippen LogP contribution >= 0.6 is 47.8 Å². The van der Waals surface area contributed by atoms with E-state index in [-0.39, 0.29) is 17.9 Å². The van der Waals surface area contributed by atoms with Gasteiger partial charge < -0.3 is 11.1 Å². The zero-order chi connectivity index (χ0) is 14.4. The second kappa shape index (κ2) is 5.71. The van der Waals surface area contributed by atoms with Crippen molar-refractivity contribution in [2.24, 2.45) is 23.5 Å². The molecule has 0 spiro atoms. The number of nitrogens with one attached hydrogen (secondary N) is 1. The Morgan fingerprint density at radius 2 is 1.75 bits per heavy atom. The molecule has 6 heteroatoms. The molecule has 0 saturated heterocycles. The lowest BCUT2D eigenvalue weighted by Crippen LogP contribution is -2.42. The normalized spacial score (nSPS) is 31.6. The van der Waals surface area contributed by atoms with E-state index in [1.807, 2.05) is 12.1 Å². The van der Waals surface area contributed by atoms with Crippen molar-refractivity contribution in [1.29, 1.82) is 0 Å². The fourth-order valence-corrected chi connectivity index (χ4v) is 6.05. The maximum atomic E-state index is 12.6. The summed E-state index contributed by atoms with van der Waals surface area (Å²) in [4.78, 5) is 12.6. The molecule has 3 N–H and O–H groups in total. The van der Waals surface area contributed by atoms with Crippen LogP contribution in [0.1, 0.15) is 19.3 Å². The van der Waals surface area contributed by atoms with Crippen LogP contribution in [0.3, 0.4) is 0 Å². The minimum absolute atomic E-state index is 0.0155. The fourth-order valence-electron chi connectivity index (χ4n) is 3.59. The number of anilines is 1. The van der Waals surface area contributed by atoms with E-state index in [1.54, 1.807) is 0 Å². The Balaban J connectivity index is 1.80. The SMILES string of the molecule is NC1C2CCC(C2)C1C(=O)Nc1c(Br)cc(Br)cc1Br. The summed E-state index contributed by atoms with van der Waals surface area (Å²) in [6.45, 7) is 0. The summed E-state index contributed by atoms with van der Waals surface area (Å²) in [5.41, 5.74) is 7.00. The van der Waals surface area contributed by atoms with Gasteiger partial charge in [-0.25, -0.2) is 0 Å². The van der Waals surface area contributed by atoms with Crippen molar-refractivity contribution in [2.45, 2.75) is 25.3 Å². The smallest absolute Gasteiger partial charge is 0.229 e. The summed E-state index contributed by atoms with van der Waals surface area (Å²) in [5.74, 6) is 1.00. The summed E-state index contributed by atoms with van der Waals surface area (Å²) in [6.07, 6.45) is 3.43. The first-order valence-corrected chi connectivity index (χ1v) is 9.06. The molecule has 3 nitrogen and oxygen atoms in total. The molecule has 2 aliphatic rings. The average Bonchev–Trinajstić information content (AvgIpc) is 2.94. The van der Waals surface area contributed by atoms with Gasteiger partial charge in [0.25, 0.3) is 0 Å². The van der Waals surface area contributed by atoms with Crippen LogP contribution in [0.4, 0.5) is 5.69 Å². The van der Waals surface area contributed by atoms with E-state index in [1.165, 1.54) is 6.42 Å². The number of hydrogen-bond donors (Lipinski definition) is 2. The van der Waals surface area contributed by atoms with Crippen LogP contribution in [0.25, 0.3) is 0 Å². The van der Waals surface area contributed by atoms with Crippen LogP contribution in [0.2, 0.25) is 0 Å². The first kappa shape index (κ1) is 15.0. The molecule has 1 amide bonds. The average molecular weight is 467 g/mol. The molecule has 4 unspecified atom stereocenters. The highest BCUT2D eigenvalue weighted by Crippen LogP contribution is 2.48. The molecular formula is C14H15Br3N2O.